The fourth-order valence-corrected chi connectivity index (χ4v) is 7.00. The molecule has 0 saturated carbocycles. The zero-order valence-corrected chi connectivity index (χ0v) is 19.8. The van der Waals surface area contributed by atoms with Gasteiger partial charge in [-0.15, -0.1) is 11.3 Å². The van der Waals surface area contributed by atoms with Crippen LogP contribution >= 0.6 is 11.3 Å². The minimum absolute atomic E-state index is 0.137. The maximum Gasteiger partial charge on any atom is 0.238 e. The molecule has 6 nitrogen and oxygen atoms in total. The first-order chi connectivity index (χ1) is 17.6. The van der Waals surface area contributed by atoms with E-state index >= 15 is 0 Å². The average molecular weight is 493 g/mol. The molecule has 1 N–H and O–H groups in total. The number of fused-ring (bicyclic) bond motifs is 6. The summed E-state index contributed by atoms with van der Waals surface area (Å²) in [5.74, 6) is -1.70. The highest BCUT2D eigenvalue weighted by atomic mass is 32.1. The quantitative estimate of drug-likeness (QED) is 0.390. The lowest BCUT2D eigenvalue weighted by Crippen LogP contribution is -2.49. The van der Waals surface area contributed by atoms with Crippen LogP contribution in [0.3, 0.4) is 0 Å². The fourth-order valence-electron chi connectivity index (χ4n) is 6.30. The van der Waals surface area contributed by atoms with Gasteiger partial charge in [-0.2, -0.15) is 0 Å². The van der Waals surface area contributed by atoms with Crippen LogP contribution in [0, 0.1) is 5.92 Å². The summed E-state index contributed by atoms with van der Waals surface area (Å²) in [6, 6.07) is 20.7. The lowest BCUT2D eigenvalue weighted by molar-refractivity contribution is -0.122. The summed E-state index contributed by atoms with van der Waals surface area (Å²) < 4.78 is 5.55. The van der Waals surface area contributed by atoms with Crippen LogP contribution < -0.4 is 5.32 Å². The summed E-state index contributed by atoms with van der Waals surface area (Å²) in [6.45, 7) is 0. The third kappa shape index (κ3) is 2.63. The number of nitrogens with zero attached hydrogens (tertiary/aromatic N) is 1. The molecule has 7 heteroatoms. The summed E-state index contributed by atoms with van der Waals surface area (Å²) in [4.78, 5) is 45.1. The Bertz CT molecular complexity index is 1560. The summed E-state index contributed by atoms with van der Waals surface area (Å²) >= 11 is 1.34. The number of hydrogen-bond acceptors (Lipinski definition) is 6. The third-order valence-corrected chi connectivity index (χ3v) is 8.53. The summed E-state index contributed by atoms with van der Waals surface area (Å²) in [6.07, 6.45) is 5.26. The lowest BCUT2D eigenvalue weighted by Gasteiger charge is -2.38. The number of Topliss-reactive ketones (excluding diaryl/α,β-unsaturated/α-hetero) is 2. The van der Waals surface area contributed by atoms with Crippen molar-refractivity contribution in [2.45, 2.75) is 17.5 Å². The second kappa shape index (κ2) is 7.63. The second-order valence-corrected chi connectivity index (χ2v) is 10.2. The van der Waals surface area contributed by atoms with Crippen molar-refractivity contribution in [2.24, 2.45) is 5.92 Å². The molecule has 7 rings (SSSR count). The zero-order chi connectivity index (χ0) is 24.4. The first kappa shape index (κ1) is 21.1. The molecule has 2 aromatic carbocycles. The van der Waals surface area contributed by atoms with Gasteiger partial charge in [0.1, 0.15) is 11.5 Å². The maximum atomic E-state index is 14.3. The van der Waals surface area contributed by atoms with Gasteiger partial charge in [0.25, 0.3) is 0 Å². The van der Waals surface area contributed by atoms with Gasteiger partial charge < -0.3 is 14.6 Å². The van der Waals surface area contributed by atoms with E-state index in [-0.39, 0.29) is 23.2 Å². The summed E-state index contributed by atoms with van der Waals surface area (Å²) in [7, 11) is 0. The number of anilines is 1. The van der Waals surface area contributed by atoms with Crippen LogP contribution in [0.5, 0.6) is 0 Å². The molecule has 1 saturated heterocycles. The zero-order valence-electron chi connectivity index (χ0n) is 19.0. The molecule has 4 unspecified atom stereocenters. The third-order valence-electron chi connectivity index (χ3n) is 7.65. The topological polar surface area (TPSA) is 79.6 Å². The molecule has 2 aromatic heterocycles. The molecular weight excluding hydrogens is 472 g/mol. The Morgan fingerprint density at radius 3 is 2.58 bits per heavy atom. The number of ketones is 2. The van der Waals surface area contributed by atoms with Crippen LogP contribution in [-0.2, 0) is 10.2 Å². The Balaban J connectivity index is 1.56. The number of benzene rings is 2. The van der Waals surface area contributed by atoms with E-state index in [9.17, 15) is 14.4 Å². The van der Waals surface area contributed by atoms with Crippen LogP contribution in [0.1, 0.15) is 43.0 Å². The maximum absolute atomic E-state index is 14.3. The molecule has 0 aliphatic carbocycles. The van der Waals surface area contributed by atoms with Crippen molar-refractivity contribution >= 4 is 40.6 Å². The number of carbonyl (C=O) groups is 3. The number of carbonyl (C=O) groups excluding carboxylic acids is 3. The summed E-state index contributed by atoms with van der Waals surface area (Å²) in [5.41, 5.74) is 1.92. The SMILES string of the molecule is O=C(c1cccs1)C1C(C(=O)c2ccco2)C2(C(=O)Nc3ccccc32)C2c3ccccc3C=CN12. The van der Waals surface area contributed by atoms with Crippen molar-refractivity contribution < 1.29 is 18.8 Å². The molecule has 1 fully saturated rings. The van der Waals surface area contributed by atoms with Gasteiger partial charge in [0.2, 0.25) is 11.7 Å². The van der Waals surface area contributed by atoms with E-state index in [1.54, 1.807) is 18.2 Å². The van der Waals surface area contributed by atoms with Crippen molar-refractivity contribution in [2.75, 3.05) is 5.32 Å². The molecule has 1 spiro atoms. The van der Waals surface area contributed by atoms with Crippen LogP contribution in [-0.4, -0.2) is 28.4 Å². The van der Waals surface area contributed by atoms with E-state index < -0.39 is 23.4 Å². The monoisotopic (exact) mass is 492 g/mol. The highest BCUT2D eigenvalue weighted by molar-refractivity contribution is 7.12. The van der Waals surface area contributed by atoms with Gasteiger partial charge in [0.15, 0.2) is 11.5 Å². The largest absolute Gasteiger partial charge is 0.461 e. The van der Waals surface area contributed by atoms with Gasteiger partial charge in [-0.05, 0) is 52.4 Å². The van der Waals surface area contributed by atoms with Gasteiger partial charge in [-0.3, -0.25) is 14.4 Å². The number of thiophene rings is 1. The number of para-hydroxylation sites is 1. The fraction of sp³-hybridized carbons (Fsp3) is 0.138. The second-order valence-electron chi connectivity index (χ2n) is 9.27. The average Bonchev–Trinajstić information content (AvgIpc) is 3.70. The normalized spacial score (nSPS) is 25.4. The Morgan fingerprint density at radius 2 is 1.78 bits per heavy atom. The smallest absolute Gasteiger partial charge is 0.238 e. The summed E-state index contributed by atoms with van der Waals surface area (Å²) in [5, 5.41) is 4.88. The van der Waals surface area contributed by atoms with Crippen LogP contribution in [0.25, 0.3) is 6.08 Å². The van der Waals surface area contributed by atoms with E-state index in [4.69, 9.17) is 4.42 Å². The number of amides is 1. The van der Waals surface area contributed by atoms with Gasteiger partial charge in [-0.25, -0.2) is 0 Å². The van der Waals surface area contributed by atoms with Gasteiger partial charge in [-0.1, -0.05) is 48.5 Å². The van der Waals surface area contributed by atoms with Gasteiger partial charge in [0.05, 0.1) is 23.1 Å². The lowest BCUT2D eigenvalue weighted by atomic mass is 9.63. The molecule has 36 heavy (non-hydrogen) atoms. The minimum Gasteiger partial charge on any atom is -0.461 e. The van der Waals surface area contributed by atoms with E-state index in [1.165, 1.54) is 17.6 Å². The van der Waals surface area contributed by atoms with Crippen LogP contribution in [0.4, 0.5) is 5.69 Å². The van der Waals surface area contributed by atoms with Crippen molar-refractivity contribution in [3.63, 3.8) is 0 Å². The Morgan fingerprint density at radius 1 is 0.944 bits per heavy atom. The van der Waals surface area contributed by atoms with Gasteiger partial charge in [0, 0.05) is 11.9 Å². The number of rotatable bonds is 4. The van der Waals surface area contributed by atoms with Crippen molar-refractivity contribution in [1.29, 1.82) is 0 Å². The van der Waals surface area contributed by atoms with Crippen molar-refractivity contribution in [1.82, 2.24) is 4.90 Å². The molecule has 3 aliphatic heterocycles. The Labute approximate surface area is 210 Å². The molecule has 1 amide bonds. The highest BCUT2D eigenvalue weighted by Gasteiger charge is 2.71. The minimum atomic E-state index is -1.33. The van der Waals surface area contributed by atoms with Crippen LogP contribution in [0.15, 0.2) is 95.1 Å². The number of hydrogen-bond donors (Lipinski definition) is 1. The van der Waals surface area contributed by atoms with E-state index in [1.807, 2.05) is 77.2 Å². The predicted octanol–water partition coefficient (Wildman–Crippen LogP) is 5.32. The molecule has 3 aliphatic rings. The molecule has 176 valence electrons. The molecule has 4 aromatic rings. The number of nitrogens with one attached hydrogen (secondary N) is 1. The number of furan rings is 1. The van der Waals surface area contributed by atoms with Crippen molar-refractivity contribution in [3.8, 4) is 0 Å². The predicted molar refractivity (Wildman–Crippen MR) is 136 cm³/mol. The first-order valence-electron chi connectivity index (χ1n) is 11.7. The van der Waals surface area contributed by atoms with E-state index in [0.717, 1.165) is 16.7 Å². The first-order valence-corrected chi connectivity index (χ1v) is 12.6. The standard InChI is InChI=1S/C29H20N2O4S/c32-25(21-11-5-15-35-21)23-24(26(33)22-12-6-16-36-22)31-14-13-17-7-1-2-8-18(17)27(31)29(23)19-9-3-4-10-20(19)30-28(29)34/h1-16,23-24,27H,(H,30,34). The Hall–Kier alpha value is -4.23. The molecule has 4 atom stereocenters. The van der Waals surface area contributed by atoms with Crippen LogP contribution in [0.2, 0.25) is 0 Å². The van der Waals surface area contributed by atoms with Gasteiger partial charge >= 0.3 is 0 Å². The molecule has 0 radical (unpaired) electrons. The van der Waals surface area contributed by atoms with E-state index in [0.29, 0.717) is 10.6 Å². The highest BCUT2D eigenvalue weighted by Crippen LogP contribution is 2.62. The molecular formula is C29H20N2O4S. The molecule has 0 bridgehead atoms. The van der Waals surface area contributed by atoms with Crippen molar-refractivity contribution in [3.05, 3.63) is 118 Å². The molecule has 5 heterocycles. The van der Waals surface area contributed by atoms with E-state index in [2.05, 4.69) is 5.32 Å². The Kier molecular flexibility index (Phi) is 4.47.